The van der Waals surface area contributed by atoms with Gasteiger partial charge < -0.3 is 30.1 Å². The van der Waals surface area contributed by atoms with Crippen molar-refractivity contribution in [2.24, 2.45) is 0 Å². The van der Waals surface area contributed by atoms with Crippen molar-refractivity contribution in [2.45, 2.75) is 56.0 Å². The largest absolute Gasteiger partial charge is 0.490 e. The summed E-state index contributed by atoms with van der Waals surface area (Å²) in [5.41, 5.74) is 1.38. The van der Waals surface area contributed by atoms with Crippen molar-refractivity contribution in [3.05, 3.63) is 100 Å². The molecule has 0 aromatic heterocycles. The average Bonchev–Trinajstić information content (AvgIpc) is 3.20. The van der Waals surface area contributed by atoms with Crippen molar-refractivity contribution < 1.29 is 29.3 Å². The van der Waals surface area contributed by atoms with E-state index < -0.39 is 29.8 Å². The number of amides is 2. The molecule has 0 unspecified atom stereocenters. The van der Waals surface area contributed by atoms with E-state index in [1.165, 1.54) is 40.3 Å². The van der Waals surface area contributed by atoms with E-state index in [2.05, 4.69) is 28.4 Å². The third-order valence-electron chi connectivity index (χ3n) is 9.71. The highest BCUT2D eigenvalue weighted by Crippen LogP contribution is 2.45. The topological polar surface area (TPSA) is 119 Å². The van der Waals surface area contributed by atoms with Crippen LogP contribution in [-0.2, 0) is 27.0 Å². The van der Waals surface area contributed by atoms with Crippen molar-refractivity contribution in [1.82, 2.24) is 4.90 Å². The van der Waals surface area contributed by atoms with Gasteiger partial charge in [-0.15, -0.1) is 0 Å². The number of aliphatic hydroxyl groups is 1. The molecular weight excluding hydrogens is 618 g/mol. The first kappa shape index (κ1) is 32.6. The summed E-state index contributed by atoms with van der Waals surface area (Å²) in [5.74, 6) is -1.63. The number of fused-ring (bicyclic) bond motifs is 3. The number of halogens is 1. The molecule has 2 bridgehead atoms. The Balaban J connectivity index is 1.41. The molecule has 9 nitrogen and oxygen atoms in total. The van der Waals surface area contributed by atoms with Crippen LogP contribution >= 0.6 is 11.6 Å². The number of carbonyl (C=O) groups is 3. The van der Waals surface area contributed by atoms with Crippen LogP contribution in [0.4, 0.5) is 11.4 Å². The van der Waals surface area contributed by atoms with E-state index in [1.807, 2.05) is 12.1 Å². The second-order valence-electron chi connectivity index (χ2n) is 12.9. The highest BCUT2D eigenvalue weighted by atomic mass is 35.5. The molecule has 10 heteroatoms. The van der Waals surface area contributed by atoms with Crippen molar-refractivity contribution >= 4 is 40.8 Å². The highest BCUT2D eigenvalue weighted by molar-refractivity contribution is 6.30. The molecule has 0 saturated heterocycles. The van der Waals surface area contributed by atoms with Crippen LogP contribution in [-0.4, -0.2) is 66.2 Å². The maximum atomic E-state index is 14.0. The number of hydrogen-bond acceptors (Lipinski definition) is 6. The number of nitrogens with one attached hydrogen (secondary N) is 1. The van der Waals surface area contributed by atoms with Crippen LogP contribution in [0.2, 0.25) is 5.02 Å². The Morgan fingerprint density at radius 3 is 2.60 bits per heavy atom. The molecule has 2 amide bonds. The minimum atomic E-state index is -2.24. The summed E-state index contributed by atoms with van der Waals surface area (Å²) in [6, 6.07) is 17.0. The van der Waals surface area contributed by atoms with E-state index in [1.54, 1.807) is 25.2 Å². The molecule has 3 N–H and O–H groups in total. The van der Waals surface area contributed by atoms with Crippen LogP contribution in [0.3, 0.4) is 0 Å². The van der Waals surface area contributed by atoms with E-state index in [0.717, 1.165) is 55.8 Å². The number of nitrogens with zero attached hydrogens (tertiary/aromatic N) is 2. The Kier molecular flexibility index (Phi) is 9.30. The summed E-state index contributed by atoms with van der Waals surface area (Å²) in [5, 5.41) is 25.0. The number of aryl methyl sites for hydroxylation is 1. The lowest BCUT2D eigenvalue weighted by molar-refractivity contribution is -0.145. The molecule has 3 aromatic carbocycles. The van der Waals surface area contributed by atoms with Gasteiger partial charge in [0.25, 0.3) is 5.91 Å². The SMILES string of the molecule is CN1C/C=C\CCCCN2C[C@@]3(CCCc4cc(Cl)ccc43)COc3ccc(cc32)[C@@](O)(C(=O)Nc2ccc(C(=O)O)cc2)CC1=O. The van der Waals surface area contributed by atoms with Crippen molar-refractivity contribution in [3.63, 3.8) is 0 Å². The summed E-state index contributed by atoms with van der Waals surface area (Å²) in [6.45, 7) is 2.27. The number of carbonyl (C=O) groups excluding carboxylic acids is 2. The van der Waals surface area contributed by atoms with Gasteiger partial charge in [0.1, 0.15) is 5.75 Å². The second kappa shape index (κ2) is 13.4. The van der Waals surface area contributed by atoms with Gasteiger partial charge in [-0.1, -0.05) is 35.9 Å². The van der Waals surface area contributed by atoms with Gasteiger partial charge in [0, 0.05) is 42.8 Å². The molecule has 0 fully saturated rings. The first-order valence-electron chi connectivity index (χ1n) is 16.2. The molecule has 0 saturated carbocycles. The molecule has 6 rings (SSSR count). The fourth-order valence-electron chi connectivity index (χ4n) is 7.02. The zero-order chi connectivity index (χ0) is 33.2. The van der Waals surface area contributed by atoms with E-state index in [4.69, 9.17) is 16.3 Å². The summed E-state index contributed by atoms with van der Waals surface area (Å²) in [6.07, 6.45) is 9.21. The summed E-state index contributed by atoms with van der Waals surface area (Å²) in [4.78, 5) is 42.6. The predicted molar refractivity (Wildman–Crippen MR) is 181 cm³/mol. The van der Waals surface area contributed by atoms with Crippen LogP contribution in [0.25, 0.3) is 0 Å². The lowest BCUT2D eigenvalue weighted by Crippen LogP contribution is -2.46. The first-order valence-corrected chi connectivity index (χ1v) is 16.5. The summed E-state index contributed by atoms with van der Waals surface area (Å²) in [7, 11) is 1.65. The van der Waals surface area contributed by atoms with Crippen molar-refractivity contribution in [1.29, 1.82) is 0 Å². The maximum absolute atomic E-state index is 14.0. The maximum Gasteiger partial charge on any atom is 0.335 e. The van der Waals surface area contributed by atoms with E-state index in [0.29, 0.717) is 31.1 Å². The minimum absolute atomic E-state index is 0.0628. The molecular formula is C37H40ClN3O6. The van der Waals surface area contributed by atoms with E-state index >= 15 is 0 Å². The quantitative estimate of drug-likeness (QED) is 0.299. The second-order valence-corrected chi connectivity index (χ2v) is 13.4. The zero-order valence-corrected chi connectivity index (χ0v) is 27.3. The third kappa shape index (κ3) is 6.73. The van der Waals surface area contributed by atoms with Crippen LogP contribution < -0.4 is 15.0 Å². The average molecular weight is 658 g/mol. The van der Waals surface area contributed by atoms with Crippen LogP contribution in [0.15, 0.2) is 72.8 Å². The smallest absolute Gasteiger partial charge is 0.335 e. The number of rotatable bonds is 3. The molecule has 2 aliphatic heterocycles. The molecule has 3 aliphatic rings. The Morgan fingerprint density at radius 2 is 1.81 bits per heavy atom. The molecule has 47 heavy (non-hydrogen) atoms. The number of hydrogen-bond donors (Lipinski definition) is 3. The monoisotopic (exact) mass is 657 g/mol. The summed E-state index contributed by atoms with van der Waals surface area (Å²) < 4.78 is 6.58. The standard InChI is InChI=1S/C37H40ClN3O6/c1-40-18-5-3-2-4-6-19-41-23-36(17-7-8-26-20-28(38)12-15-30(26)36)24-47-32-16-11-27(21-31(32)41)37(46,22-33(40)42)35(45)39-29-13-9-25(10-14-29)34(43)44/h3,5,9-16,20-21,46H,2,4,6-8,17-19,22-24H2,1H3,(H,39,45)(H,43,44)/b5-3-/t36-,37+/m0/s1. The van der Waals surface area contributed by atoms with Crippen molar-refractivity contribution in [3.8, 4) is 5.75 Å². The van der Waals surface area contributed by atoms with Crippen molar-refractivity contribution in [2.75, 3.05) is 43.5 Å². The normalized spacial score (nSPS) is 23.9. The van der Waals surface area contributed by atoms with Crippen LogP contribution in [0, 0.1) is 0 Å². The van der Waals surface area contributed by atoms with Crippen LogP contribution in [0.1, 0.15) is 65.6 Å². The van der Waals surface area contributed by atoms with Gasteiger partial charge in [0.05, 0.1) is 24.3 Å². The Morgan fingerprint density at radius 1 is 1.00 bits per heavy atom. The van der Waals surface area contributed by atoms with Gasteiger partial charge in [-0.2, -0.15) is 0 Å². The molecule has 3 aromatic rings. The fraction of sp³-hybridized carbons (Fsp3) is 0.378. The number of likely N-dealkylation sites (N-methyl/N-ethyl adjacent to an activating group) is 1. The molecule has 2 heterocycles. The lowest BCUT2D eigenvalue weighted by Gasteiger charge is -2.41. The molecule has 0 radical (unpaired) electrons. The minimum Gasteiger partial charge on any atom is -0.490 e. The number of carboxylic acids is 1. The number of ether oxygens (including phenoxy) is 1. The number of allylic oxidation sites excluding steroid dienone is 1. The lowest BCUT2D eigenvalue weighted by atomic mass is 9.70. The number of aromatic carboxylic acids is 1. The van der Waals surface area contributed by atoms with E-state index in [9.17, 15) is 24.6 Å². The highest BCUT2D eigenvalue weighted by Gasteiger charge is 2.44. The predicted octanol–water partition coefficient (Wildman–Crippen LogP) is 5.93. The van der Waals surface area contributed by atoms with Gasteiger partial charge in [-0.25, -0.2) is 4.79 Å². The number of benzene rings is 3. The molecule has 1 spiro atoms. The Hall–Kier alpha value is -4.34. The molecule has 1 aliphatic carbocycles. The fourth-order valence-corrected chi connectivity index (χ4v) is 7.22. The van der Waals surface area contributed by atoms with Gasteiger partial charge >= 0.3 is 5.97 Å². The van der Waals surface area contributed by atoms with Gasteiger partial charge in [-0.05, 0) is 104 Å². The number of carboxylic acid groups (broad SMARTS) is 1. The zero-order valence-electron chi connectivity index (χ0n) is 26.5. The Labute approximate surface area is 279 Å². The summed E-state index contributed by atoms with van der Waals surface area (Å²) >= 11 is 6.40. The van der Waals surface area contributed by atoms with Gasteiger partial charge in [-0.3, -0.25) is 9.59 Å². The van der Waals surface area contributed by atoms with Crippen LogP contribution in [0.5, 0.6) is 5.75 Å². The van der Waals surface area contributed by atoms with Gasteiger partial charge in [0.15, 0.2) is 5.60 Å². The molecule has 2 atom stereocenters. The number of anilines is 2. The Bertz CT molecular complexity index is 1710. The molecule has 246 valence electrons. The van der Waals surface area contributed by atoms with Gasteiger partial charge in [0.2, 0.25) is 5.91 Å². The first-order chi connectivity index (χ1) is 22.6. The third-order valence-corrected chi connectivity index (χ3v) is 9.94. The van der Waals surface area contributed by atoms with E-state index in [-0.39, 0.29) is 16.5 Å².